The molecule has 4 nitrogen and oxygen atoms in total. The van der Waals surface area contributed by atoms with Crippen molar-refractivity contribution in [1.29, 1.82) is 0 Å². The Kier molecular flexibility index (Phi) is 3.92. The highest BCUT2D eigenvalue weighted by Gasteiger charge is 2.23. The Hall–Kier alpha value is -2.62. The van der Waals surface area contributed by atoms with E-state index in [-0.39, 0.29) is 11.9 Å². The van der Waals surface area contributed by atoms with Gasteiger partial charge in [0.05, 0.1) is 18.7 Å². The molecule has 2 aromatic carbocycles. The molecule has 0 unspecified atom stereocenters. The molecule has 0 aromatic heterocycles. The number of carbonyl (C=O) groups excluding carboxylic acids is 2. The minimum Gasteiger partial charge on any atom is -0.465 e. The average Bonchev–Trinajstić information content (AvgIpc) is 2.97. The molecule has 1 aliphatic carbocycles. The molecule has 1 amide bonds. The Labute approximate surface area is 129 Å². The molecule has 1 aliphatic rings. The zero-order valence-corrected chi connectivity index (χ0v) is 12.3. The number of methoxy groups -OCH3 is 1. The first-order valence-corrected chi connectivity index (χ1v) is 7.26. The molecule has 0 radical (unpaired) electrons. The van der Waals surface area contributed by atoms with Gasteiger partial charge in [-0.2, -0.15) is 0 Å². The van der Waals surface area contributed by atoms with Gasteiger partial charge >= 0.3 is 5.97 Å². The fraction of sp³-hybridized carbons (Fsp3) is 0.222. The van der Waals surface area contributed by atoms with Gasteiger partial charge in [-0.3, -0.25) is 4.79 Å². The maximum atomic E-state index is 12.3. The van der Waals surface area contributed by atoms with Gasteiger partial charge in [-0.1, -0.05) is 24.3 Å². The standard InChI is InChI=1S/C18H17NO3/c1-22-18(21)14-8-6-13(7-9-14)17(20)19-16-11-10-12-4-2-3-5-15(12)16/h2-9,16H,10-11H2,1H3,(H,19,20)/t16-/m0/s1. The summed E-state index contributed by atoms with van der Waals surface area (Å²) >= 11 is 0. The Balaban J connectivity index is 1.72. The Bertz CT molecular complexity index is 707. The van der Waals surface area contributed by atoms with Gasteiger partial charge in [0, 0.05) is 5.56 Å². The van der Waals surface area contributed by atoms with Crippen LogP contribution in [0.25, 0.3) is 0 Å². The molecule has 0 fully saturated rings. The van der Waals surface area contributed by atoms with E-state index in [0.717, 1.165) is 12.8 Å². The second-order valence-corrected chi connectivity index (χ2v) is 5.33. The van der Waals surface area contributed by atoms with E-state index in [1.54, 1.807) is 24.3 Å². The van der Waals surface area contributed by atoms with Crippen LogP contribution in [0.2, 0.25) is 0 Å². The minimum absolute atomic E-state index is 0.0592. The highest BCUT2D eigenvalue weighted by molar-refractivity contribution is 5.96. The van der Waals surface area contributed by atoms with Crippen LogP contribution in [-0.2, 0) is 11.2 Å². The number of aryl methyl sites for hydroxylation is 1. The van der Waals surface area contributed by atoms with Crippen molar-refractivity contribution in [2.75, 3.05) is 7.11 Å². The van der Waals surface area contributed by atoms with Crippen LogP contribution < -0.4 is 5.32 Å². The summed E-state index contributed by atoms with van der Waals surface area (Å²) in [4.78, 5) is 23.7. The molecule has 1 atom stereocenters. The van der Waals surface area contributed by atoms with Crippen molar-refractivity contribution in [1.82, 2.24) is 5.32 Å². The van der Waals surface area contributed by atoms with Gasteiger partial charge in [0.2, 0.25) is 0 Å². The molecule has 0 saturated carbocycles. The summed E-state index contributed by atoms with van der Waals surface area (Å²) in [5, 5.41) is 3.06. The molecular formula is C18H17NO3. The lowest BCUT2D eigenvalue weighted by Crippen LogP contribution is -2.27. The molecule has 22 heavy (non-hydrogen) atoms. The summed E-state index contributed by atoms with van der Waals surface area (Å²) in [6, 6.07) is 14.7. The summed E-state index contributed by atoms with van der Waals surface area (Å²) < 4.78 is 4.64. The number of ether oxygens (including phenoxy) is 1. The van der Waals surface area contributed by atoms with Gasteiger partial charge in [0.25, 0.3) is 5.91 Å². The summed E-state index contributed by atoms with van der Waals surface area (Å²) in [7, 11) is 1.33. The van der Waals surface area contributed by atoms with E-state index < -0.39 is 5.97 Å². The molecule has 0 bridgehead atoms. The topological polar surface area (TPSA) is 55.4 Å². The molecule has 0 aliphatic heterocycles. The summed E-state index contributed by atoms with van der Waals surface area (Å²) in [6.45, 7) is 0. The fourth-order valence-corrected chi connectivity index (χ4v) is 2.82. The Morgan fingerprint density at radius 3 is 2.45 bits per heavy atom. The van der Waals surface area contributed by atoms with Crippen LogP contribution >= 0.6 is 0 Å². The lowest BCUT2D eigenvalue weighted by atomic mass is 10.1. The van der Waals surface area contributed by atoms with E-state index in [1.807, 2.05) is 12.1 Å². The number of hydrogen-bond acceptors (Lipinski definition) is 3. The Morgan fingerprint density at radius 2 is 1.73 bits per heavy atom. The van der Waals surface area contributed by atoms with Crippen LogP contribution in [0, 0.1) is 0 Å². The lowest BCUT2D eigenvalue weighted by molar-refractivity contribution is 0.0600. The zero-order chi connectivity index (χ0) is 15.5. The van der Waals surface area contributed by atoms with Crippen LogP contribution in [0.1, 0.15) is 44.3 Å². The predicted octanol–water partition coefficient (Wildman–Crippen LogP) is 2.89. The minimum atomic E-state index is -0.406. The first-order valence-electron chi connectivity index (χ1n) is 7.26. The maximum absolute atomic E-state index is 12.3. The summed E-state index contributed by atoms with van der Waals surface area (Å²) in [6.07, 6.45) is 1.91. The molecular weight excluding hydrogens is 278 g/mol. The Morgan fingerprint density at radius 1 is 1.05 bits per heavy atom. The highest BCUT2D eigenvalue weighted by Crippen LogP contribution is 2.30. The number of hydrogen-bond donors (Lipinski definition) is 1. The normalized spacial score (nSPS) is 16.0. The van der Waals surface area contributed by atoms with Gasteiger partial charge in [-0.25, -0.2) is 4.79 Å². The third-order valence-electron chi connectivity index (χ3n) is 4.01. The second kappa shape index (κ2) is 6.02. The van der Waals surface area contributed by atoms with Crippen molar-refractivity contribution >= 4 is 11.9 Å². The number of nitrogens with one attached hydrogen (secondary N) is 1. The molecule has 3 rings (SSSR count). The average molecular weight is 295 g/mol. The summed E-state index contributed by atoms with van der Waals surface area (Å²) in [5.74, 6) is -0.533. The van der Waals surface area contributed by atoms with Crippen LogP contribution in [0.4, 0.5) is 0 Å². The molecule has 4 heteroatoms. The third kappa shape index (κ3) is 2.72. The van der Waals surface area contributed by atoms with Crippen LogP contribution in [-0.4, -0.2) is 19.0 Å². The van der Waals surface area contributed by atoms with Crippen molar-refractivity contribution in [2.45, 2.75) is 18.9 Å². The largest absolute Gasteiger partial charge is 0.465 e. The van der Waals surface area contributed by atoms with Crippen molar-refractivity contribution in [3.63, 3.8) is 0 Å². The first kappa shape index (κ1) is 14.3. The van der Waals surface area contributed by atoms with Crippen LogP contribution in [0.5, 0.6) is 0 Å². The number of carbonyl (C=O) groups is 2. The number of fused-ring (bicyclic) bond motifs is 1. The van der Waals surface area contributed by atoms with Crippen molar-refractivity contribution in [2.24, 2.45) is 0 Å². The van der Waals surface area contributed by atoms with Gasteiger partial charge in [0.1, 0.15) is 0 Å². The zero-order valence-electron chi connectivity index (χ0n) is 12.3. The molecule has 112 valence electrons. The monoisotopic (exact) mass is 295 g/mol. The molecule has 2 aromatic rings. The van der Waals surface area contributed by atoms with Gasteiger partial charge < -0.3 is 10.1 Å². The molecule has 0 spiro atoms. The van der Waals surface area contributed by atoms with Crippen molar-refractivity contribution in [3.05, 3.63) is 70.8 Å². The van der Waals surface area contributed by atoms with Crippen LogP contribution in [0.15, 0.2) is 48.5 Å². The predicted molar refractivity (Wildman–Crippen MR) is 82.8 cm³/mol. The lowest BCUT2D eigenvalue weighted by Gasteiger charge is -2.14. The van der Waals surface area contributed by atoms with E-state index in [9.17, 15) is 9.59 Å². The van der Waals surface area contributed by atoms with Crippen molar-refractivity contribution < 1.29 is 14.3 Å². The third-order valence-corrected chi connectivity index (χ3v) is 4.01. The van der Waals surface area contributed by atoms with E-state index in [0.29, 0.717) is 11.1 Å². The smallest absolute Gasteiger partial charge is 0.337 e. The van der Waals surface area contributed by atoms with Gasteiger partial charge in [0.15, 0.2) is 0 Å². The fourth-order valence-electron chi connectivity index (χ4n) is 2.82. The van der Waals surface area contributed by atoms with Gasteiger partial charge in [-0.05, 0) is 48.2 Å². The number of amides is 1. The van der Waals surface area contributed by atoms with Crippen LogP contribution in [0.3, 0.4) is 0 Å². The number of benzene rings is 2. The highest BCUT2D eigenvalue weighted by atomic mass is 16.5. The molecule has 0 saturated heterocycles. The molecule has 0 heterocycles. The second-order valence-electron chi connectivity index (χ2n) is 5.33. The maximum Gasteiger partial charge on any atom is 0.337 e. The van der Waals surface area contributed by atoms with E-state index in [1.165, 1.54) is 18.2 Å². The van der Waals surface area contributed by atoms with E-state index in [4.69, 9.17) is 0 Å². The molecule has 1 N–H and O–H groups in total. The van der Waals surface area contributed by atoms with Gasteiger partial charge in [-0.15, -0.1) is 0 Å². The SMILES string of the molecule is COC(=O)c1ccc(C(=O)N[C@H]2CCc3ccccc32)cc1. The summed E-state index contributed by atoms with van der Waals surface area (Å²) in [5.41, 5.74) is 3.47. The quantitative estimate of drug-likeness (QED) is 0.886. The number of rotatable bonds is 3. The number of esters is 1. The first-order chi connectivity index (χ1) is 10.7. The van der Waals surface area contributed by atoms with Crippen molar-refractivity contribution in [3.8, 4) is 0 Å². The van der Waals surface area contributed by atoms with E-state index >= 15 is 0 Å². The van der Waals surface area contributed by atoms with E-state index in [2.05, 4.69) is 22.2 Å².